The molecule has 0 fully saturated rings. The predicted octanol–water partition coefficient (Wildman–Crippen LogP) is 3.94. The van der Waals surface area contributed by atoms with E-state index in [0.29, 0.717) is 5.56 Å². The van der Waals surface area contributed by atoms with Crippen molar-refractivity contribution in [2.45, 2.75) is 20.0 Å². The van der Waals surface area contributed by atoms with Gasteiger partial charge in [-0.25, -0.2) is 4.39 Å². The topological polar surface area (TPSA) is 21.6 Å². The van der Waals surface area contributed by atoms with E-state index < -0.39 is 0 Å². The van der Waals surface area contributed by atoms with Gasteiger partial charge in [0, 0.05) is 5.56 Å². The zero-order chi connectivity index (χ0) is 13.5. The summed E-state index contributed by atoms with van der Waals surface area (Å²) in [6, 6.07) is 14.5. The Bertz CT molecular complexity index is 566. The summed E-state index contributed by atoms with van der Waals surface area (Å²) in [6.07, 6.45) is 2.61. The molecule has 2 aromatic carbocycles. The molecule has 0 spiro atoms. The molecule has 19 heavy (non-hydrogen) atoms. The highest BCUT2D eigenvalue weighted by Crippen LogP contribution is 2.09. The number of hydrogen-bond acceptors (Lipinski definition) is 2. The Kier molecular flexibility index (Phi) is 4.67. The van der Waals surface area contributed by atoms with Gasteiger partial charge in [0.05, 0.1) is 6.21 Å². The molecule has 2 nitrogen and oxygen atoms in total. The lowest BCUT2D eigenvalue weighted by molar-refractivity contribution is 0.129. The van der Waals surface area contributed by atoms with Gasteiger partial charge in [0.25, 0.3) is 0 Å². The normalized spacial score (nSPS) is 10.8. The Morgan fingerprint density at radius 1 is 1.05 bits per heavy atom. The van der Waals surface area contributed by atoms with E-state index in [1.165, 1.54) is 11.6 Å². The van der Waals surface area contributed by atoms with Crippen LogP contribution in [0.2, 0.25) is 0 Å². The van der Waals surface area contributed by atoms with Crippen molar-refractivity contribution >= 4 is 6.21 Å². The maximum atomic E-state index is 13.3. The first-order valence-corrected chi connectivity index (χ1v) is 6.28. The SMILES string of the molecule is CCc1ccccc1C=NOCc1ccccc1F. The monoisotopic (exact) mass is 257 g/mol. The second-order valence-electron chi connectivity index (χ2n) is 4.15. The summed E-state index contributed by atoms with van der Waals surface area (Å²) in [7, 11) is 0. The Labute approximate surface area is 112 Å². The molecule has 0 amide bonds. The highest BCUT2D eigenvalue weighted by atomic mass is 19.1. The van der Waals surface area contributed by atoms with Crippen molar-refractivity contribution in [2.24, 2.45) is 5.16 Å². The molecule has 3 heteroatoms. The van der Waals surface area contributed by atoms with Crippen molar-refractivity contribution < 1.29 is 9.23 Å². The molecular weight excluding hydrogens is 241 g/mol. The first-order chi connectivity index (χ1) is 9.31. The maximum Gasteiger partial charge on any atom is 0.145 e. The molecule has 0 aliphatic carbocycles. The smallest absolute Gasteiger partial charge is 0.145 e. The van der Waals surface area contributed by atoms with Gasteiger partial charge in [-0.05, 0) is 23.6 Å². The van der Waals surface area contributed by atoms with Crippen LogP contribution in [0.4, 0.5) is 4.39 Å². The first-order valence-electron chi connectivity index (χ1n) is 6.28. The van der Waals surface area contributed by atoms with Crippen molar-refractivity contribution in [2.75, 3.05) is 0 Å². The largest absolute Gasteiger partial charge is 0.391 e. The van der Waals surface area contributed by atoms with Gasteiger partial charge in [-0.15, -0.1) is 0 Å². The van der Waals surface area contributed by atoms with Crippen LogP contribution >= 0.6 is 0 Å². The van der Waals surface area contributed by atoms with E-state index in [2.05, 4.69) is 18.1 Å². The highest BCUT2D eigenvalue weighted by Gasteiger charge is 2.00. The van der Waals surface area contributed by atoms with Crippen molar-refractivity contribution in [1.82, 2.24) is 0 Å². The fraction of sp³-hybridized carbons (Fsp3) is 0.188. The summed E-state index contributed by atoms with van der Waals surface area (Å²) in [6.45, 7) is 2.23. The summed E-state index contributed by atoms with van der Waals surface area (Å²) in [5.41, 5.74) is 2.74. The van der Waals surface area contributed by atoms with Crippen molar-refractivity contribution in [3.63, 3.8) is 0 Å². The first kappa shape index (κ1) is 13.3. The summed E-state index contributed by atoms with van der Waals surface area (Å²) >= 11 is 0. The van der Waals surface area contributed by atoms with E-state index in [0.717, 1.165) is 12.0 Å². The van der Waals surface area contributed by atoms with Crippen LogP contribution in [0.15, 0.2) is 53.7 Å². The van der Waals surface area contributed by atoms with E-state index >= 15 is 0 Å². The Hall–Kier alpha value is -2.16. The number of halogens is 1. The average Bonchev–Trinajstić information content (AvgIpc) is 2.45. The molecule has 0 saturated carbocycles. The molecule has 2 rings (SSSR count). The summed E-state index contributed by atoms with van der Waals surface area (Å²) in [5.74, 6) is -0.272. The fourth-order valence-corrected chi connectivity index (χ4v) is 1.80. The van der Waals surface area contributed by atoms with Gasteiger partial charge in [0.1, 0.15) is 12.4 Å². The molecule has 0 saturated heterocycles. The van der Waals surface area contributed by atoms with Crippen LogP contribution in [-0.2, 0) is 17.9 Å². The van der Waals surface area contributed by atoms with Gasteiger partial charge in [-0.1, -0.05) is 54.5 Å². The lowest BCUT2D eigenvalue weighted by Gasteiger charge is -2.03. The summed E-state index contributed by atoms with van der Waals surface area (Å²) in [5, 5.41) is 3.89. The van der Waals surface area contributed by atoms with Gasteiger partial charge in [0.2, 0.25) is 0 Å². The van der Waals surface area contributed by atoms with E-state index in [4.69, 9.17) is 4.84 Å². The van der Waals surface area contributed by atoms with Gasteiger partial charge in [-0.2, -0.15) is 0 Å². The van der Waals surface area contributed by atoms with Gasteiger partial charge in [0.15, 0.2) is 0 Å². The number of aryl methyl sites for hydroxylation is 1. The fourth-order valence-electron chi connectivity index (χ4n) is 1.80. The molecule has 0 aromatic heterocycles. The van der Waals surface area contributed by atoms with Crippen LogP contribution in [0, 0.1) is 5.82 Å². The highest BCUT2D eigenvalue weighted by molar-refractivity contribution is 5.81. The second-order valence-corrected chi connectivity index (χ2v) is 4.15. The summed E-state index contributed by atoms with van der Waals surface area (Å²) in [4.78, 5) is 5.13. The minimum absolute atomic E-state index is 0.136. The van der Waals surface area contributed by atoms with Crippen molar-refractivity contribution in [1.29, 1.82) is 0 Å². The third kappa shape index (κ3) is 3.65. The van der Waals surface area contributed by atoms with Gasteiger partial charge < -0.3 is 4.84 Å². The molecule has 0 unspecified atom stereocenters. The maximum absolute atomic E-state index is 13.3. The van der Waals surface area contributed by atoms with E-state index in [-0.39, 0.29) is 12.4 Å². The number of hydrogen-bond donors (Lipinski definition) is 0. The number of benzene rings is 2. The zero-order valence-electron chi connectivity index (χ0n) is 10.8. The molecule has 0 atom stereocenters. The summed E-state index contributed by atoms with van der Waals surface area (Å²) < 4.78 is 13.3. The number of rotatable bonds is 5. The molecule has 0 radical (unpaired) electrons. The number of oxime groups is 1. The standard InChI is InChI=1S/C16H16FNO/c1-2-13-7-3-4-8-14(13)11-18-19-12-15-9-5-6-10-16(15)17/h3-11H,2,12H2,1H3. The van der Waals surface area contributed by atoms with E-state index in [9.17, 15) is 4.39 Å². The van der Waals surface area contributed by atoms with Crippen LogP contribution in [0.25, 0.3) is 0 Å². The van der Waals surface area contributed by atoms with E-state index in [1.807, 2.05) is 18.2 Å². The van der Waals surface area contributed by atoms with Crippen molar-refractivity contribution in [3.05, 3.63) is 71.0 Å². The lowest BCUT2D eigenvalue weighted by Crippen LogP contribution is -1.94. The predicted molar refractivity (Wildman–Crippen MR) is 74.6 cm³/mol. The Balaban J connectivity index is 1.96. The Morgan fingerprint density at radius 3 is 2.47 bits per heavy atom. The molecule has 0 bridgehead atoms. The molecule has 2 aromatic rings. The quantitative estimate of drug-likeness (QED) is 0.587. The zero-order valence-corrected chi connectivity index (χ0v) is 10.8. The Morgan fingerprint density at radius 2 is 1.74 bits per heavy atom. The van der Waals surface area contributed by atoms with Crippen LogP contribution < -0.4 is 0 Å². The molecule has 0 aliphatic heterocycles. The molecule has 0 aliphatic rings. The van der Waals surface area contributed by atoms with Crippen LogP contribution in [0.3, 0.4) is 0 Å². The molecule has 98 valence electrons. The second kappa shape index (κ2) is 6.69. The molecule has 0 N–H and O–H groups in total. The molecular formula is C16H16FNO. The van der Waals surface area contributed by atoms with Gasteiger partial charge >= 0.3 is 0 Å². The van der Waals surface area contributed by atoms with Crippen LogP contribution in [-0.4, -0.2) is 6.21 Å². The van der Waals surface area contributed by atoms with Gasteiger partial charge in [-0.3, -0.25) is 0 Å². The van der Waals surface area contributed by atoms with Crippen LogP contribution in [0.5, 0.6) is 0 Å². The van der Waals surface area contributed by atoms with Crippen LogP contribution in [0.1, 0.15) is 23.6 Å². The molecule has 0 heterocycles. The third-order valence-electron chi connectivity index (χ3n) is 2.88. The minimum atomic E-state index is -0.272. The van der Waals surface area contributed by atoms with Crippen molar-refractivity contribution in [3.8, 4) is 0 Å². The third-order valence-corrected chi connectivity index (χ3v) is 2.88. The average molecular weight is 257 g/mol. The number of nitrogens with zero attached hydrogens (tertiary/aromatic N) is 1. The lowest BCUT2D eigenvalue weighted by atomic mass is 10.1. The minimum Gasteiger partial charge on any atom is -0.391 e. The van der Waals surface area contributed by atoms with E-state index in [1.54, 1.807) is 24.4 Å².